The first-order chi connectivity index (χ1) is 6.38. The smallest absolute Gasteiger partial charge is 0.152 e. The Morgan fingerprint density at radius 1 is 1.62 bits per heavy atom. The van der Waals surface area contributed by atoms with Gasteiger partial charge in [0.25, 0.3) is 0 Å². The van der Waals surface area contributed by atoms with E-state index in [1.807, 2.05) is 0 Å². The third-order valence-corrected chi connectivity index (χ3v) is 1.58. The first-order valence-corrected chi connectivity index (χ1v) is 4.37. The van der Waals surface area contributed by atoms with E-state index in [4.69, 9.17) is 11.6 Å². The number of nitrogens with zero attached hydrogens (tertiary/aromatic N) is 1. The van der Waals surface area contributed by atoms with Crippen molar-refractivity contribution in [2.75, 3.05) is 5.88 Å². The van der Waals surface area contributed by atoms with Gasteiger partial charge in [0.05, 0.1) is 0 Å². The molecule has 0 unspecified atom stereocenters. The lowest BCUT2D eigenvalue weighted by Gasteiger charge is -1.92. The molecular formula is C10H8ClNO. The van der Waals surface area contributed by atoms with Crippen molar-refractivity contribution in [1.29, 1.82) is 0 Å². The summed E-state index contributed by atoms with van der Waals surface area (Å²) in [6, 6.07) is 3.39. The molecular weight excluding hydrogens is 186 g/mol. The molecule has 2 nitrogen and oxygen atoms in total. The van der Waals surface area contributed by atoms with Gasteiger partial charge < -0.3 is 0 Å². The van der Waals surface area contributed by atoms with Gasteiger partial charge in [0.1, 0.15) is 5.69 Å². The van der Waals surface area contributed by atoms with Gasteiger partial charge in [-0.1, -0.05) is 5.92 Å². The number of hydrogen-bond donors (Lipinski definition) is 0. The van der Waals surface area contributed by atoms with E-state index in [0.717, 1.165) is 6.29 Å². The van der Waals surface area contributed by atoms with E-state index in [1.165, 1.54) is 0 Å². The molecule has 0 amide bonds. The molecule has 0 atom stereocenters. The molecule has 1 aromatic rings. The molecule has 0 aliphatic carbocycles. The third-order valence-electron chi connectivity index (χ3n) is 1.39. The van der Waals surface area contributed by atoms with Gasteiger partial charge in [0, 0.05) is 24.1 Å². The van der Waals surface area contributed by atoms with Gasteiger partial charge in [-0.05, 0) is 18.1 Å². The van der Waals surface area contributed by atoms with Crippen molar-refractivity contribution in [1.82, 2.24) is 4.98 Å². The van der Waals surface area contributed by atoms with E-state index in [2.05, 4.69) is 16.8 Å². The molecule has 0 N–H and O–H groups in total. The maximum Gasteiger partial charge on any atom is 0.152 e. The van der Waals surface area contributed by atoms with Crippen LogP contribution in [0, 0.1) is 11.8 Å². The van der Waals surface area contributed by atoms with Gasteiger partial charge in [-0.2, -0.15) is 0 Å². The van der Waals surface area contributed by atoms with E-state index in [0.29, 0.717) is 23.6 Å². The zero-order chi connectivity index (χ0) is 9.52. The summed E-state index contributed by atoms with van der Waals surface area (Å²) < 4.78 is 0. The summed E-state index contributed by atoms with van der Waals surface area (Å²) in [5.41, 5.74) is 1.03. The van der Waals surface area contributed by atoms with E-state index in [9.17, 15) is 4.79 Å². The topological polar surface area (TPSA) is 30.0 Å². The second-order valence-electron chi connectivity index (χ2n) is 2.30. The summed E-state index contributed by atoms with van der Waals surface area (Å²) in [5, 5.41) is 0. The molecule has 0 fully saturated rings. The van der Waals surface area contributed by atoms with Crippen LogP contribution >= 0.6 is 11.6 Å². The van der Waals surface area contributed by atoms with Crippen LogP contribution in [0.25, 0.3) is 0 Å². The molecule has 0 saturated carbocycles. The highest BCUT2D eigenvalue weighted by atomic mass is 35.5. The molecule has 0 aliphatic rings. The summed E-state index contributed by atoms with van der Waals surface area (Å²) in [5.74, 6) is 6.11. The predicted octanol–water partition coefficient (Wildman–Crippen LogP) is 1.87. The number of aldehydes is 1. The van der Waals surface area contributed by atoms with Crippen LogP contribution in [-0.2, 0) is 0 Å². The first-order valence-electron chi connectivity index (χ1n) is 3.83. The largest absolute Gasteiger partial charge is 0.298 e. The lowest BCUT2D eigenvalue weighted by molar-refractivity contribution is 0.112. The summed E-state index contributed by atoms with van der Waals surface area (Å²) in [6.45, 7) is 0. The highest BCUT2D eigenvalue weighted by Crippen LogP contribution is 1.99. The predicted molar refractivity (Wildman–Crippen MR) is 51.8 cm³/mol. The van der Waals surface area contributed by atoms with E-state index < -0.39 is 0 Å². The van der Waals surface area contributed by atoms with Crippen LogP contribution in [0.1, 0.15) is 22.5 Å². The van der Waals surface area contributed by atoms with Crippen molar-refractivity contribution in [2.45, 2.75) is 6.42 Å². The summed E-state index contributed by atoms with van der Waals surface area (Å²) >= 11 is 5.45. The number of aromatic nitrogens is 1. The average Bonchev–Trinajstić information content (AvgIpc) is 2.19. The summed E-state index contributed by atoms with van der Waals surface area (Å²) in [4.78, 5) is 14.5. The first kappa shape index (κ1) is 9.76. The molecule has 0 aliphatic heterocycles. The second-order valence-corrected chi connectivity index (χ2v) is 2.68. The Morgan fingerprint density at radius 2 is 2.46 bits per heavy atom. The zero-order valence-electron chi connectivity index (χ0n) is 6.96. The van der Waals surface area contributed by atoms with Crippen molar-refractivity contribution in [3.8, 4) is 11.8 Å². The Kier molecular flexibility index (Phi) is 4.01. The fourth-order valence-electron chi connectivity index (χ4n) is 0.811. The fraction of sp³-hybridized carbons (Fsp3) is 0.200. The lowest BCUT2D eigenvalue weighted by Crippen LogP contribution is -1.90. The van der Waals surface area contributed by atoms with Gasteiger partial charge in [-0.3, -0.25) is 4.79 Å². The molecule has 1 rings (SSSR count). The maximum absolute atomic E-state index is 10.5. The SMILES string of the molecule is O=Cc1cccnc1C#CCCCl. The van der Waals surface area contributed by atoms with Crippen LogP contribution in [0.2, 0.25) is 0 Å². The van der Waals surface area contributed by atoms with Gasteiger partial charge in [0.15, 0.2) is 6.29 Å². The quantitative estimate of drug-likeness (QED) is 0.408. The number of pyridine rings is 1. The van der Waals surface area contributed by atoms with Crippen LogP contribution in [0.15, 0.2) is 18.3 Å². The molecule has 13 heavy (non-hydrogen) atoms. The number of carbonyl (C=O) groups is 1. The van der Waals surface area contributed by atoms with Crippen molar-refractivity contribution < 1.29 is 4.79 Å². The van der Waals surface area contributed by atoms with Crippen LogP contribution in [0.4, 0.5) is 0 Å². The molecule has 1 aromatic heterocycles. The van der Waals surface area contributed by atoms with Gasteiger partial charge in [-0.15, -0.1) is 11.6 Å². The number of rotatable bonds is 2. The normalized spacial score (nSPS) is 8.69. The molecule has 0 bridgehead atoms. The third kappa shape index (κ3) is 2.89. The Morgan fingerprint density at radius 3 is 3.15 bits per heavy atom. The number of halogens is 1. The standard InChI is InChI=1S/C10H8ClNO/c11-6-2-1-5-10-9(8-13)4-3-7-12-10/h3-4,7-8H,2,6H2. The highest BCUT2D eigenvalue weighted by Gasteiger charge is 1.96. The minimum Gasteiger partial charge on any atom is -0.298 e. The number of alkyl halides is 1. The van der Waals surface area contributed by atoms with Crippen LogP contribution in [0.3, 0.4) is 0 Å². The number of carbonyl (C=O) groups excluding carboxylic acids is 1. The van der Waals surface area contributed by atoms with Crippen molar-refractivity contribution >= 4 is 17.9 Å². The van der Waals surface area contributed by atoms with E-state index >= 15 is 0 Å². The molecule has 0 aromatic carbocycles. The molecule has 1 heterocycles. The minimum atomic E-state index is 0.496. The summed E-state index contributed by atoms with van der Waals surface area (Å²) in [6.07, 6.45) is 2.96. The maximum atomic E-state index is 10.5. The zero-order valence-corrected chi connectivity index (χ0v) is 7.71. The Labute approximate surface area is 81.9 Å². The van der Waals surface area contributed by atoms with Crippen LogP contribution in [-0.4, -0.2) is 17.2 Å². The van der Waals surface area contributed by atoms with Crippen LogP contribution in [0.5, 0.6) is 0 Å². The Balaban J connectivity index is 2.88. The highest BCUT2D eigenvalue weighted by molar-refractivity contribution is 6.18. The van der Waals surface area contributed by atoms with E-state index in [-0.39, 0.29) is 0 Å². The van der Waals surface area contributed by atoms with Crippen LogP contribution < -0.4 is 0 Å². The van der Waals surface area contributed by atoms with Crippen molar-refractivity contribution in [3.05, 3.63) is 29.6 Å². The van der Waals surface area contributed by atoms with Gasteiger partial charge in [-0.25, -0.2) is 4.98 Å². The molecule has 0 spiro atoms. The monoisotopic (exact) mass is 193 g/mol. The summed E-state index contributed by atoms with van der Waals surface area (Å²) in [7, 11) is 0. The fourth-order valence-corrected chi connectivity index (χ4v) is 0.905. The number of hydrogen-bond acceptors (Lipinski definition) is 2. The lowest BCUT2D eigenvalue weighted by atomic mass is 10.2. The van der Waals surface area contributed by atoms with Gasteiger partial charge in [0.2, 0.25) is 0 Å². The Bertz CT molecular complexity index is 351. The Hall–Kier alpha value is -1.33. The molecule has 0 radical (unpaired) electrons. The average molecular weight is 194 g/mol. The molecule has 3 heteroatoms. The molecule has 66 valence electrons. The van der Waals surface area contributed by atoms with Crippen molar-refractivity contribution in [3.63, 3.8) is 0 Å². The second kappa shape index (κ2) is 5.34. The molecule has 0 saturated heterocycles. The van der Waals surface area contributed by atoms with Gasteiger partial charge >= 0.3 is 0 Å². The minimum absolute atomic E-state index is 0.496. The van der Waals surface area contributed by atoms with Crippen molar-refractivity contribution in [2.24, 2.45) is 0 Å². The van der Waals surface area contributed by atoms with E-state index in [1.54, 1.807) is 18.3 Å².